The summed E-state index contributed by atoms with van der Waals surface area (Å²) in [4.78, 5) is 12.9. The maximum Gasteiger partial charge on any atom is 0.310 e. The lowest BCUT2D eigenvalue weighted by molar-refractivity contribution is -0.138. The second-order valence-corrected chi connectivity index (χ2v) is 9.16. The zero-order valence-electron chi connectivity index (χ0n) is 21.1. The van der Waals surface area contributed by atoms with E-state index in [1.165, 1.54) is 6.07 Å². The summed E-state index contributed by atoms with van der Waals surface area (Å²) >= 11 is 0. The Balaban J connectivity index is 0.000000351. The number of carboxylic acids is 1. The van der Waals surface area contributed by atoms with Crippen LogP contribution in [0.15, 0.2) is 72.8 Å². The van der Waals surface area contributed by atoms with Crippen molar-refractivity contribution < 1.29 is 24.5 Å². The molecule has 3 aromatic rings. The monoisotopic (exact) mass is 497 g/mol. The number of phenols is 1. The van der Waals surface area contributed by atoms with E-state index in [-0.39, 0.29) is 19.1 Å². The molecule has 3 aromatic carbocycles. The molecule has 0 aliphatic rings. The predicted molar refractivity (Wildman–Crippen MR) is 145 cm³/mol. The first kappa shape index (κ1) is 30.8. The second-order valence-electron chi connectivity index (χ2n) is 9.16. The molecule has 0 spiro atoms. The van der Waals surface area contributed by atoms with Crippen LogP contribution in [0.4, 0.5) is 4.39 Å². The third-order valence-electron chi connectivity index (χ3n) is 6.29. The second kappa shape index (κ2) is 13.8. The van der Waals surface area contributed by atoms with Gasteiger partial charge in [0.1, 0.15) is 11.6 Å². The number of halogens is 1. The van der Waals surface area contributed by atoms with Gasteiger partial charge in [0, 0.05) is 18.0 Å². The summed E-state index contributed by atoms with van der Waals surface area (Å²) in [5.74, 6) is -1.76. The van der Waals surface area contributed by atoms with Crippen molar-refractivity contribution in [3.63, 3.8) is 0 Å². The number of carboxylic acid groups (broad SMARTS) is 1. The molecule has 1 unspecified atom stereocenters. The largest absolute Gasteiger partial charge is 0.508 e. The van der Waals surface area contributed by atoms with Gasteiger partial charge in [-0.1, -0.05) is 75.9 Å². The van der Waals surface area contributed by atoms with E-state index in [1.807, 2.05) is 64.3 Å². The number of benzene rings is 3. The highest BCUT2D eigenvalue weighted by Crippen LogP contribution is 2.34. The van der Waals surface area contributed by atoms with E-state index in [0.29, 0.717) is 17.5 Å². The van der Waals surface area contributed by atoms with E-state index < -0.39 is 23.3 Å². The molecule has 0 aliphatic carbocycles. The molecule has 0 aromatic heterocycles. The smallest absolute Gasteiger partial charge is 0.310 e. The van der Waals surface area contributed by atoms with Crippen LogP contribution in [-0.4, -0.2) is 46.8 Å². The zero-order valence-corrected chi connectivity index (χ0v) is 21.1. The molecule has 196 valence electrons. The summed E-state index contributed by atoms with van der Waals surface area (Å²) in [6.07, 6.45) is 0.630. The molecule has 6 heteroatoms. The van der Waals surface area contributed by atoms with E-state index >= 15 is 0 Å². The fourth-order valence-corrected chi connectivity index (χ4v) is 4.11. The van der Waals surface area contributed by atoms with Crippen LogP contribution >= 0.6 is 0 Å². The van der Waals surface area contributed by atoms with Gasteiger partial charge in [-0.25, -0.2) is 4.39 Å². The van der Waals surface area contributed by atoms with E-state index in [2.05, 4.69) is 4.90 Å². The van der Waals surface area contributed by atoms with Gasteiger partial charge in [-0.2, -0.15) is 0 Å². The van der Waals surface area contributed by atoms with Crippen LogP contribution in [0.25, 0.3) is 11.1 Å². The van der Waals surface area contributed by atoms with E-state index in [4.69, 9.17) is 5.11 Å². The molecule has 5 nitrogen and oxygen atoms in total. The average Bonchev–Trinajstić information content (AvgIpc) is 2.83. The van der Waals surface area contributed by atoms with Crippen molar-refractivity contribution in [2.24, 2.45) is 5.92 Å². The van der Waals surface area contributed by atoms with Gasteiger partial charge in [0.2, 0.25) is 0 Å². The Morgan fingerprint density at radius 2 is 1.64 bits per heavy atom. The number of hydrogen-bond donors (Lipinski definition) is 3. The predicted octanol–water partition coefficient (Wildman–Crippen LogP) is 6.50. The Morgan fingerprint density at radius 3 is 2.14 bits per heavy atom. The molecule has 0 bridgehead atoms. The van der Waals surface area contributed by atoms with Crippen LogP contribution in [0, 0.1) is 11.7 Å². The minimum absolute atomic E-state index is 0. The molecule has 0 saturated carbocycles. The van der Waals surface area contributed by atoms with Crippen LogP contribution in [0.5, 0.6) is 5.75 Å². The van der Waals surface area contributed by atoms with Crippen molar-refractivity contribution in [1.29, 1.82) is 0 Å². The van der Waals surface area contributed by atoms with Gasteiger partial charge in [-0.3, -0.25) is 4.79 Å². The van der Waals surface area contributed by atoms with Crippen LogP contribution < -0.4 is 0 Å². The van der Waals surface area contributed by atoms with E-state index in [1.54, 1.807) is 37.3 Å². The zero-order chi connectivity index (χ0) is 26.2. The Labute approximate surface area is 214 Å². The molecule has 0 saturated heterocycles. The lowest BCUT2D eigenvalue weighted by atomic mass is 9.80. The fraction of sp³-hybridized carbons (Fsp3) is 0.367. The average molecular weight is 498 g/mol. The molecule has 36 heavy (non-hydrogen) atoms. The Bertz CT molecular complexity index is 1100. The van der Waals surface area contributed by atoms with Crippen LogP contribution in [-0.2, 0) is 10.4 Å². The quantitative estimate of drug-likeness (QED) is 0.331. The molecular weight excluding hydrogens is 457 g/mol. The minimum Gasteiger partial charge on any atom is -0.508 e. The van der Waals surface area contributed by atoms with Crippen molar-refractivity contribution in [1.82, 2.24) is 4.90 Å². The van der Waals surface area contributed by atoms with Crippen LogP contribution in [0.3, 0.4) is 0 Å². The topological polar surface area (TPSA) is 81.0 Å². The number of rotatable bonds is 8. The Morgan fingerprint density at radius 1 is 1.00 bits per heavy atom. The maximum atomic E-state index is 14.0. The van der Waals surface area contributed by atoms with Gasteiger partial charge >= 0.3 is 5.97 Å². The number of nitrogens with zero attached hydrogens (tertiary/aromatic N) is 1. The number of hydrogen-bond acceptors (Lipinski definition) is 4. The lowest BCUT2D eigenvalue weighted by Crippen LogP contribution is -2.38. The fourth-order valence-electron chi connectivity index (χ4n) is 4.11. The number of phenolic OH excluding ortho intramolecular Hbond substituents is 1. The number of aliphatic hydroxyl groups is 1. The first-order valence-electron chi connectivity index (χ1n) is 11.7. The van der Waals surface area contributed by atoms with Crippen molar-refractivity contribution in [2.75, 3.05) is 20.6 Å². The third kappa shape index (κ3) is 7.90. The van der Waals surface area contributed by atoms with Crippen molar-refractivity contribution in [3.8, 4) is 16.9 Å². The molecule has 3 atom stereocenters. The summed E-state index contributed by atoms with van der Waals surface area (Å²) in [7, 11) is 3.99. The molecule has 0 radical (unpaired) electrons. The van der Waals surface area contributed by atoms with Crippen LogP contribution in [0.2, 0.25) is 0 Å². The molecule has 3 rings (SSSR count). The van der Waals surface area contributed by atoms with Gasteiger partial charge in [-0.15, -0.1) is 0 Å². The van der Waals surface area contributed by atoms with Crippen molar-refractivity contribution in [2.45, 2.75) is 46.1 Å². The highest BCUT2D eigenvalue weighted by atomic mass is 19.1. The van der Waals surface area contributed by atoms with Crippen molar-refractivity contribution in [3.05, 3.63) is 89.7 Å². The lowest BCUT2D eigenvalue weighted by Gasteiger charge is -2.35. The molecule has 0 aliphatic heterocycles. The minimum atomic E-state index is -0.957. The highest BCUT2D eigenvalue weighted by molar-refractivity contribution is 5.76. The molecule has 0 heterocycles. The summed E-state index contributed by atoms with van der Waals surface area (Å²) in [5, 5.41) is 29.2. The molecule has 3 N–H and O–H groups in total. The van der Waals surface area contributed by atoms with Gasteiger partial charge < -0.3 is 20.2 Å². The summed E-state index contributed by atoms with van der Waals surface area (Å²) in [5.41, 5.74) is 1.64. The molecule has 0 fully saturated rings. The first-order chi connectivity index (χ1) is 16.5. The highest BCUT2D eigenvalue weighted by Gasteiger charge is 2.34. The van der Waals surface area contributed by atoms with Gasteiger partial charge in [-0.05, 0) is 62.3 Å². The van der Waals surface area contributed by atoms with E-state index in [9.17, 15) is 19.4 Å². The third-order valence-corrected chi connectivity index (χ3v) is 6.29. The van der Waals surface area contributed by atoms with Crippen LogP contribution in [0.1, 0.15) is 51.7 Å². The van der Waals surface area contributed by atoms with Gasteiger partial charge in [0.15, 0.2) is 0 Å². The Kier molecular flexibility index (Phi) is 11.8. The number of carbonyl (C=O) groups is 1. The van der Waals surface area contributed by atoms with Crippen molar-refractivity contribution >= 4 is 5.97 Å². The molecule has 0 amide bonds. The summed E-state index contributed by atoms with van der Waals surface area (Å²) in [6.45, 7) is 6.35. The first-order valence-corrected chi connectivity index (χ1v) is 11.7. The normalized spacial score (nSPS) is 14.0. The number of aliphatic carboxylic acids is 1. The van der Waals surface area contributed by atoms with E-state index in [0.717, 1.165) is 17.7 Å². The summed E-state index contributed by atoms with van der Waals surface area (Å²) < 4.78 is 14.0. The SMILES string of the molecule is C.CC(C(=O)O)c1ccc(-c2ccccc2)c(F)c1.CC[C@](O)(c1cccc(O)c1)[C@H](C)CN(C)C. The van der Waals surface area contributed by atoms with Gasteiger partial charge in [0.05, 0.1) is 11.5 Å². The standard InChI is InChI=1S/C15H13FO2.C14H23NO2.CH4/c1-10(15(17)18)12-7-8-13(14(16)9-12)11-5-3-2-4-6-11;1-5-14(17,11(2)10-15(3)4)12-7-6-8-13(16)9-12;/h2-10H,1H3,(H,17,18);6-9,11,16-17H,5,10H2,1-4H3;1H4/t;11-,14-;/m.1./s1. The Hall–Kier alpha value is -3.22. The molecular formula is C30H40FNO4. The number of aromatic hydroxyl groups is 1. The summed E-state index contributed by atoms with van der Waals surface area (Å²) in [6, 6.07) is 20.7. The maximum absolute atomic E-state index is 14.0. The van der Waals surface area contributed by atoms with Gasteiger partial charge in [0.25, 0.3) is 0 Å².